The van der Waals surface area contributed by atoms with Crippen molar-refractivity contribution < 1.29 is 52.5 Å². The van der Waals surface area contributed by atoms with Crippen molar-refractivity contribution in [2.24, 2.45) is 17.6 Å². The van der Waals surface area contributed by atoms with Gasteiger partial charge < -0.3 is 53.5 Å². The van der Waals surface area contributed by atoms with Crippen molar-refractivity contribution in [3.05, 3.63) is 24.3 Å². The van der Waals surface area contributed by atoms with Crippen LogP contribution in [-0.2, 0) is 47.4 Å². The standard InChI is InChI=1S/C40H59NO11/c1-19-11-24-5-7-28-20(2)12-26(45-28)9-10-40-17-33-36(51-40)37-38(50-33)39(52-40)35-29(49-37)8-6-25(47-35)13-22(42)14-27-31(16-30(46-24)21(19)3)48-32(34(27)44-4)15-23(43)18-41/h19,23-39,43H,2-3,5-18,41H2,1,4H3/t19-,23+,24?,25?,26?,27?,28?,29+,30?,31+,32?,33-,34-,35+,36+,37+,38-,39+,40+/m1/s1. The second kappa shape index (κ2) is 14.3. The fourth-order valence-corrected chi connectivity index (χ4v) is 11.3. The smallest absolute Gasteiger partial charge is 0.172 e. The van der Waals surface area contributed by atoms with E-state index in [0.29, 0.717) is 25.7 Å². The van der Waals surface area contributed by atoms with E-state index in [1.165, 1.54) is 0 Å². The van der Waals surface area contributed by atoms with E-state index in [2.05, 4.69) is 20.1 Å². The average molecular weight is 730 g/mol. The lowest BCUT2D eigenvalue weighted by molar-refractivity contribution is -0.292. The Morgan fingerprint density at radius 2 is 1.56 bits per heavy atom. The number of fused-ring (bicyclic) bond motifs is 6. The summed E-state index contributed by atoms with van der Waals surface area (Å²) >= 11 is 0. The van der Waals surface area contributed by atoms with Gasteiger partial charge in [-0.15, -0.1) is 0 Å². The predicted octanol–water partition coefficient (Wildman–Crippen LogP) is 3.44. The minimum absolute atomic E-state index is 0.0158. The molecule has 10 aliphatic rings. The highest BCUT2D eigenvalue weighted by atomic mass is 16.8. The molecule has 1 spiro atoms. The molecule has 12 heteroatoms. The predicted molar refractivity (Wildman–Crippen MR) is 186 cm³/mol. The molecule has 10 rings (SSSR count). The zero-order valence-corrected chi connectivity index (χ0v) is 30.8. The number of hydrogen-bond acceptors (Lipinski definition) is 12. The minimum atomic E-state index is -0.780. The first-order chi connectivity index (χ1) is 25.1. The van der Waals surface area contributed by atoms with Crippen LogP contribution in [0.25, 0.3) is 0 Å². The molecule has 10 aliphatic heterocycles. The molecule has 0 saturated carbocycles. The van der Waals surface area contributed by atoms with Crippen LogP contribution in [0.1, 0.15) is 90.4 Å². The highest BCUT2D eigenvalue weighted by molar-refractivity contribution is 5.79. The van der Waals surface area contributed by atoms with Gasteiger partial charge in [-0.05, 0) is 62.0 Å². The molecule has 12 bridgehead atoms. The van der Waals surface area contributed by atoms with Crippen LogP contribution in [0, 0.1) is 11.8 Å². The van der Waals surface area contributed by atoms with Crippen LogP contribution in [0.2, 0.25) is 0 Å². The molecule has 290 valence electrons. The Balaban J connectivity index is 0.994. The maximum absolute atomic E-state index is 14.1. The van der Waals surface area contributed by atoms with E-state index in [9.17, 15) is 9.90 Å². The molecule has 0 radical (unpaired) electrons. The third kappa shape index (κ3) is 6.59. The lowest BCUT2D eigenvalue weighted by atomic mass is 9.81. The van der Waals surface area contributed by atoms with Crippen LogP contribution >= 0.6 is 0 Å². The van der Waals surface area contributed by atoms with Crippen LogP contribution in [0.4, 0.5) is 0 Å². The number of Topliss-reactive ketones (excluding diaryl/α,β-unsaturated/α-hetero) is 1. The molecule has 0 aromatic carbocycles. The molecule has 0 aliphatic carbocycles. The number of aliphatic hydroxyl groups is 1. The SMILES string of the molecule is C=C1CC2CC[C@@]34C[C@H]5O[C@H]6[C@@H](O3)[C@H]3OC(CC[C@@H]3O[C@H]6[C@H]5O4)CC(=O)CC3[C@@H](OC)C(C[C@H](O)CN)O[C@H]3CC3OC(CCC1O2)C[C@@H](C)C3=C. The number of aliphatic hydroxyl groups excluding tert-OH is 1. The number of hydrogen-bond donors (Lipinski definition) is 2. The van der Waals surface area contributed by atoms with E-state index in [4.69, 9.17) is 48.4 Å². The third-order valence-corrected chi connectivity index (χ3v) is 14.0. The maximum atomic E-state index is 14.1. The van der Waals surface area contributed by atoms with Gasteiger partial charge >= 0.3 is 0 Å². The maximum Gasteiger partial charge on any atom is 0.172 e. The van der Waals surface area contributed by atoms with Crippen molar-refractivity contribution in [1.29, 1.82) is 0 Å². The molecule has 12 nitrogen and oxygen atoms in total. The first-order valence-corrected chi connectivity index (χ1v) is 20.2. The highest BCUT2D eigenvalue weighted by Crippen LogP contribution is 2.54. The van der Waals surface area contributed by atoms with Gasteiger partial charge in [0.05, 0.1) is 67.1 Å². The van der Waals surface area contributed by atoms with Crippen molar-refractivity contribution >= 4 is 5.78 Å². The minimum Gasteiger partial charge on any atom is -0.392 e. The van der Waals surface area contributed by atoms with Crippen molar-refractivity contribution in [2.75, 3.05) is 13.7 Å². The van der Waals surface area contributed by atoms with Gasteiger partial charge in [0.2, 0.25) is 0 Å². The Bertz CT molecular complexity index is 1380. The molecule has 0 aromatic rings. The molecule has 10 fully saturated rings. The Morgan fingerprint density at radius 3 is 2.38 bits per heavy atom. The second-order valence-electron chi connectivity index (χ2n) is 17.4. The van der Waals surface area contributed by atoms with Gasteiger partial charge in [-0.1, -0.05) is 20.1 Å². The summed E-state index contributed by atoms with van der Waals surface area (Å²) in [6, 6.07) is 0. The lowest BCUT2D eigenvalue weighted by Crippen LogP contribution is -2.61. The number of nitrogens with two attached hydrogens (primary N) is 1. The zero-order chi connectivity index (χ0) is 35.9. The summed E-state index contributed by atoms with van der Waals surface area (Å²) < 4.78 is 60.0. The van der Waals surface area contributed by atoms with Crippen LogP contribution in [-0.4, -0.2) is 128 Å². The van der Waals surface area contributed by atoms with Gasteiger partial charge in [-0.25, -0.2) is 0 Å². The van der Waals surface area contributed by atoms with E-state index < -0.39 is 18.0 Å². The molecular weight excluding hydrogens is 670 g/mol. The molecule has 52 heavy (non-hydrogen) atoms. The van der Waals surface area contributed by atoms with E-state index in [1.807, 2.05) is 0 Å². The normalized spacial score (nSPS) is 52.4. The number of carbonyl (C=O) groups excluding carboxylic acids is 1. The molecular formula is C40H59NO11. The number of carbonyl (C=O) groups is 1. The second-order valence-corrected chi connectivity index (χ2v) is 17.4. The Labute approximate surface area is 307 Å². The number of ether oxygens (including phenoxy) is 9. The molecule has 19 atom stereocenters. The molecule has 10 saturated heterocycles. The van der Waals surface area contributed by atoms with E-state index in [0.717, 1.165) is 56.1 Å². The van der Waals surface area contributed by atoms with E-state index >= 15 is 0 Å². The topological polar surface area (TPSA) is 146 Å². The van der Waals surface area contributed by atoms with Gasteiger partial charge in [0.1, 0.15) is 36.3 Å². The highest BCUT2D eigenvalue weighted by Gasteiger charge is 2.68. The van der Waals surface area contributed by atoms with Gasteiger partial charge in [-0.3, -0.25) is 4.79 Å². The summed E-state index contributed by atoms with van der Waals surface area (Å²) in [5.74, 6) is -0.619. The summed E-state index contributed by atoms with van der Waals surface area (Å²) in [7, 11) is 1.66. The van der Waals surface area contributed by atoms with Gasteiger partial charge in [-0.2, -0.15) is 0 Å². The van der Waals surface area contributed by atoms with Crippen molar-refractivity contribution in [3.63, 3.8) is 0 Å². The van der Waals surface area contributed by atoms with Crippen LogP contribution in [0.3, 0.4) is 0 Å². The zero-order valence-electron chi connectivity index (χ0n) is 30.8. The fourth-order valence-electron chi connectivity index (χ4n) is 11.3. The summed E-state index contributed by atoms with van der Waals surface area (Å²) in [5.41, 5.74) is 8.01. The molecule has 10 heterocycles. The molecule has 0 amide bonds. The lowest BCUT2D eigenvalue weighted by Gasteiger charge is -2.47. The van der Waals surface area contributed by atoms with Crippen LogP contribution in [0.15, 0.2) is 24.3 Å². The van der Waals surface area contributed by atoms with Crippen molar-refractivity contribution in [1.82, 2.24) is 0 Å². The monoisotopic (exact) mass is 729 g/mol. The summed E-state index contributed by atoms with van der Waals surface area (Å²) in [5, 5.41) is 10.5. The first-order valence-electron chi connectivity index (χ1n) is 20.2. The Hall–Kier alpha value is -1.29. The number of ketones is 1. The quantitative estimate of drug-likeness (QED) is 0.409. The largest absolute Gasteiger partial charge is 0.392 e. The molecule has 3 N–H and O–H groups in total. The summed E-state index contributed by atoms with van der Waals surface area (Å²) in [6.45, 7) is 11.3. The fraction of sp³-hybridized carbons (Fsp3) is 0.875. The average Bonchev–Trinajstić information content (AvgIpc) is 3.79. The number of rotatable bonds is 4. The van der Waals surface area contributed by atoms with Gasteiger partial charge in [0.15, 0.2) is 5.79 Å². The van der Waals surface area contributed by atoms with Crippen molar-refractivity contribution in [3.8, 4) is 0 Å². The van der Waals surface area contributed by atoms with Gasteiger partial charge in [0, 0.05) is 58.1 Å². The molecule has 0 aromatic heterocycles. The summed E-state index contributed by atoms with van der Waals surface area (Å²) in [6.07, 6.45) is 4.85. The Kier molecular flexibility index (Phi) is 10.0. The van der Waals surface area contributed by atoms with Crippen LogP contribution < -0.4 is 5.73 Å². The van der Waals surface area contributed by atoms with E-state index in [1.54, 1.807) is 7.11 Å². The number of methoxy groups -OCH3 is 1. The van der Waals surface area contributed by atoms with Crippen molar-refractivity contribution in [2.45, 2.75) is 194 Å². The third-order valence-electron chi connectivity index (χ3n) is 14.0. The first kappa shape index (κ1) is 36.4. The van der Waals surface area contributed by atoms with E-state index in [-0.39, 0.29) is 122 Å². The summed E-state index contributed by atoms with van der Waals surface area (Å²) in [4.78, 5) is 14.1. The van der Waals surface area contributed by atoms with Crippen LogP contribution in [0.5, 0.6) is 0 Å². The van der Waals surface area contributed by atoms with Gasteiger partial charge in [0.25, 0.3) is 0 Å². The molecule has 7 unspecified atom stereocenters. The Morgan fingerprint density at radius 1 is 0.808 bits per heavy atom.